The van der Waals surface area contributed by atoms with Crippen molar-refractivity contribution in [2.45, 2.75) is 71.5 Å². The quantitative estimate of drug-likeness (QED) is 0.434. The van der Waals surface area contributed by atoms with Crippen LogP contribution in [0.15, 0.2) is 0 Å². The van der Waals surface area contributed by atoms with Gasteiger partial charge in [0.15, 0.2) is 0 Å². The molecule has 2 heteroatoms. The van der Waals surface area contributed by atoms with Gasteiger partial charge in [0.25, 0.3) is 0 Å². The highest BCUT2D eigenvalue weighted by Gasteiger charge is 2.42. The highest BCUT2D eigenvalue weighted by Crippen LogP contribution is 2.65. The first kappa shape index (κ1) is 13.6. The van der Waals surface area contributed by atoms with Gasteiger partial charge in [0, 0.05) is 0 Å². The van der Waals surface area contributed by atoms with E-state index in [1.807, 2.05) is 0 Å². The molecule has 0 aromatic heterocycles. The molecule has 0 aliphatic rings. The highest BCUT2D eigenvalue weighted by atomic mass is 31.4. The van der Waals surface area contributed by atoms with Gasteiger partial charge >= 0.3 is 0 Å². The molecule has 0 bridgehead atoms. The molecule has 0 saturated heterocycles. The average molecular weight is 218 g/mol. The van der Waals surface area contributed by atoms with Crippen LogP contribution in [0.25, 0.3) is 0 Å². The van der Waals surface area contributed by atoms with E-state index in [4.69, 9.17) is 0 Å². The molecule has 0 N–H and O–H groups in total. The molecule has 0 heterocycles. The smallest absolute Gasteiger partial charge is 0.0732 e. The molecule has 0 radical (unpaired) electrons. The van der Waals surface area contributed by atoms with E-state index in [-0.39, 0.29) is 7.47 Å². The van der Waals surface area contributed by atoms with Crippen molar-refractivity contribution in [3.63, 3.8) is 0 Å². The lowest BCUT2D eigenvalue weighted by Crippen LogP contribution is -2.37. The summed E-state index contributed by atoms with van der Waals surface area (Å²) in [6.45, 7) is 22.1. The van der Waals surface area contributed by atoms with Crippen LogP contribution in [0.3, 0.4) is 0 Å². The Bertz CT molecular complexity index is 133. The summed E-state index contributed by atoms with van der Waals surface area (Å²) >= 11 is 0. The predicted molar refractivity (Wildman–Crippen MR) is 69.8 cm³/mol. The Morgan fingerprint density at radius 1 is 0.692 bits per heavy atom. The van der Waals surface area contributed by atoms with Crippen LogP contribution in [0, 0.1) is 0 Å². The molecule has 13 heavy (non-hydrogen) atoms. The number of hydrogen-bond donors (Lipinski definition) is 0. The second-order valence-electron chi connectivity index (χ2n) is 6.85. The monoisotopic (exact) mass is 218 g/mol. The van der Waals surface area contributed by atoms with Crippen LogP contribution in [0.2, 0.25) is 19.6 Å². The minimum absolute atomic E-state index is 0.155. The first-order valence-electron chi connectivity index (χ1n) is 5.17. The van der Waals surface area contributed by atoms with Crippen molar-refractivity contribution in [2.24, 2.45) is 0 Å². The van der Waals surface area contributed by atoms with Gasteiger partial charge in [-0.3, -0.25) is 0 Å². The molecule has 80 valence electrons. The van der Waals surface area contributed by atoms with Gasteiger partial charge in [-0.15, -0.1) is 7.47 Å². The van der Waals surface area contributed by atoms with Crippen LogP contribution >= 0.6 is 7.47 Å². The molecular weight excluding hydrogens is 191 g/mol. The zero-order valence-electron chi connectivity index (χ0n) is 10.9. The van der Waals surface area contributed by atoms with Crippen molar-refractivity contribution in [1.82, 2.24) is 0 Å². The highest BCUT2D eigenvalue weighted by molar-refractivity contribution is 7.96. The summed E-state index contributed by atoms with van der Waals surface area (Å²) in [6.07, 6.45) is 0. The Kier molecular flexibility index (Phi) is 3.84. The van der Waals surface area contributed by atoms with Gasteiger partial charge in [-0.2, -0.15) is 0 Å². The second-order valence-corrected chi connectivity index (χ2v) is 19.9. The summed E-state index contributed by atoms with van der Waals surface area (Å²) in [5.74, 6) is 0. The van der Waals surface area contributed by atoms with E-state index in [1.165, 1.54) is 0 Å². The maximum atomic E-state index is 2.52. The maximum absolute atomic E-state index is 2.52. The molecule has 0 fully saturated rings. The van der Waals surface area contributed by atoms with Gasteiger partial charge in [0.05, 0.1) is 7.74 Å². The Balaban J connectivity index is 5.02. The molecule has 0 nitrogen and oxygen atoms in total. The van der Waals surface area contributed by atoms with Gasteiger partial charge < -0.3 is 0 Å². The van der Waals surface area contributed by atoms with Crippen molar-refractivity contribution >= 4 is 15.2 Å². The summed E-state index contributed by atoms with van der Waals surface area (Å²) in [5.41, 5.74) is 0. The Morgan fingerprint density at radius 3 is 0.923 bits per heavy atom. The molecule has 0 atom stereocenters. The summed E-state index contributed by atoms with van der Waals surface area (Å²) in [4.78, 5) is 0. The molecular formula is C11H27PSi. The van der Waals surface area contributed by atoms with Crippen LogP contribution < -0.4 is 0 Å². The Labute approximate surface area is 87.1 Å². The van der Waals surface area contributed by atoms with Gasteiger partial charge in [-0.05, 0) is 10.3 Å². The Hall–Kier alpha value is 0.647. The molecule has 0 aromatic rings. The molecule has 0 spiro atoms. The summed E-state index contributed by atoms with van der Waals surface area (Å²) in [6, 6.07) is 0. The predicted octanol–water partition coefficient (Wildman–Crippen LogP) is 4.90. The average Bonchev–Trinajstić information content (AvgIpc) is 1.44. The standard InChI is InChI=1S/C11H27PSi/c1-10(2,3)12(11(4,5)6)13(7,8)9/h1-9H3. The fourth-order valence-corrected chi connectivity index (χ4v) is 21.1. The van der Waals surface area contributed by atoms with Crippen molar-refractivity contribution in [1.29, 1.82) is 0 Å². The molecule has 0 aromatic carbocycles. The minimum atomic E-state index is -0.993. The summed E-state index contributed by atoms with van der Waals surface area (Å²) in [5, 5.41) is 1.02. The second kappa shape index (κ2) is 3.66. The van der Waals surface area contributed by atoms with Crippen LogP contribution in [-0.4, -0.2) is 18.1 Å². The zero-order valence-corrected chi connectivity index (χ0v) is 12.8. The van der Waals surface area contributed by atoms with Crippen molar-refractivity contribution in [3.05, 3.63) is 0 Å². The minimum Gasteiger partial charge on any atom is -0.108 e. The van der Waals surface area contributed by atoms with E-state index in [1.54, 1.807) is 0 Å². The van der Waals surface area contributed by atoms with E-state index in [0.29, 0.717) is 10.3 Å². The molecule has 0 amide bonds. The van der Waals surface area contributed by atoms with E-state index in [0.717, 1.165) is 0 Å². The van der Waals surface area contributed by atoms with E-state index >= 15 is 0 Å². The third-order valence-corrected chi connectivity index (χ3v) is 14.1. The van der Waals surface area contributed by atoms with Crippen LogP contribution in [0.1, 0.15) is 41.5 Å². The largest absolute Gasteiger partial charge is 0.108 e. The first-order valence-corrected chi connectivity index (χ1v) is 10.9. The number of rotatable bonds is 1. The lowest BCUT2D eigenvalue weighted by molar-refractivity contribution is 0.717. The fourth-order valence-electron chi connectivity index (χ4n) is 3.02. The third-order valence-electron chi connectivity index (χ3n) is 2.01. The molecule has 0 rings (SSSR count). The maximum Gasteiger partial charge on any atom is 0.0732 e. The lowest BCUT2D eigenvalue weighted by atomic mass is 10.2. The van der Waals surface area contributed by atoms with Gasteiger partial charge in [-0.1, -0.05) is 61.2 Å². The normalized spacial score (nSPS) is 15.2. The SMILES string of the molecule is CC(C)(C)P(C(C)(C)C)[Si](C)(C)C. The van der Waals surface area contributed by atoms with E-state index in [9.17, 15) is 0 Å². The summed E-state index contributed by atoms with van der Waals surface area (Å²) in [7, 11) is -0.838. The van der Waals surface area contributed by atoms with E-state index < -0.39 is 7.74 Å². The molecule has 0 aliphatic heterocycles. The topological polar surface area (TPSA) is 0 Å². The van der Waals surface area contributed by atoms with Crippen LogP contribution in [0.4, 0.5) is 0 Å². The first-order chi connectivity index (χ1) is 5.37. The lowest BCUT2D eigenvalue weighted by Gasteiger charge is -2.49. The van der Waals surface area contributed by atoms with Gasteiger partial charge in [-0.25, -0.2) is 0 Å². The Morgan fingerprint density at radius 2 is 0.923 bits per heavy atom. The zero-order chi connectivity index (χ0) is 11.1. The van der Waals surface area contributed by atoms with Crippen molar-refractivity contribution < 1.29 is 0 Å². The third kappa shape index (κ3) is 4.12. The summed E-state index contributed by atoms with van der Waals surface area (Å²) < 4.78 is 0. The van der Waals surface area contributed by atoms with Crippen molar-refractivity contribution in [2.75, 3.05) is 0 Å². The van der Waals surface area contributed by atoms with E-state index in [2.05, 4.69) is 61.2 Å². The van der Waals surface area contributed by atoms with Gasteiger partial charge in [0.2, 0.25) is 0 Å². The molecule has 0 saturated carbocycles. The van der Waals surface area contributed by atoms with Gasteiger partial charge in [0.1, 0.15) is 0 Å². The molecule has 0 aliphatic carbocycles. The number of hydrogen-bond acceptors (Lipinski definition) is 0. The van der Waals surface area contributed by atoms with Crippen molar-refractivity contribution in [3.8, 4) is 0 Å². The van der Waals surface area contributed by atoms with Crippen LogP contribution in [0.5, 0.6) is 0 Å². The fraction of sp³-hybridized carbons (Fsp3) is 1.00. The van der Waals surface area contributed by atoms with Crippen LogP contribution in [-0.2, 0) is 0 Å². The molecule has 0 unspecified atom stereocenters.